The van der Waals surface area contributed by atoms with Gasteiger partial charge in [0.2, 0.25) is 0 Å². The second-order valence-corrected chi connectivity index (χ2v) is 4.87. The Labute approximate surface area is 132 Å². The molecular formula is C16H17F3N2O2. The van der Waals surface area contributed by atoms with E-state index in [-0.39, 0.29) is 11.9 Å². The monoisotopic (exact) mass is 326 g/mol. The Morgan fingerprint density at radius 1 is 1.09 bits per heavy atom. The topological polar surface area (TPSA) is 43.4 Å². The maximum absolute atomic E-state index is 12.6. The van der Waals surface area contributed by atoms with Crippen molar-refractivity contribution in [2.75, 3.05) is 19.0 Å². The van der Waals surface area contributed by atoms with Gasteiger partial charge in [0, 0.05) is 0 Å². The van der Waals surface area contributed by atoms with Gasteiger partial charge in [-0.2, -0.15) is 13.2 Å². The molecule has 0 aliphatic heterocycles. The molecule has 0 spiro atoms. The first-order chi connectivity index (χ1) is 10.9. The van der Waals surface area contributed by atoms with Crippen molar-refractivity contribution in [1.82, 2.24) is 4.98 Å². The molecular weight excluding hydrogens is 309 g/mol. The zero-order valence-electron chi connectivity index (χ0n) is 12.7. The summed E-state index contributed by atoms with van der Waals surface area (Å²) in [6.07, 6.45) is -4.75. The minimum absolute atomic E-state index is 0.148. The molecule has 0 radical (unpaired) electrons. The fourth-order valence-electron chi connectivity index (χ4n) is 1.91. The van der Waals surface area contributed by atoms with Crippen LogP contribution in [0.25, 0.3) is 0 Å². The Bertz CT molecular complexity index is 647. The molecule has 4 nitrogen and oxygen atoms in total. The molecule has 0 amide bonds. The first kappa shape index (κ1) is 16.9. The number of hydrogen-bond acceptors (Lipinski definition) is 4. The second kappa shape index (κ2) is 7.21. The Morgan fingerprint density at radius 2 is 1.78 bits per heavy atom. The van der Waals surface area contributed by atoms with Crippen molar-refractivity contribution in [3.63, 3.8) is 0 Å². The van der Waals surface area contributed by atoms with Crippen LogP contribution in [0.2, 0.25) is 0 Å². The van der Waals surface area contributed by atoms with Crippen LogP contribution in [0.3, 0.4) is 0 Å². The van der Waals surface area contributed by atoms with E-state index in [1.807, 2.05) is 12.1 Å². The highest BCUT2D eigenvalue weighted by molar-refractivity contribution is 5.40. The van der Waals surface area contributed by atoms with Crippen LogP contribution in [0.1, 0.15) is 12.6 Å². The summed E-state index contributed by atoms with van der Waals surface area (Å²) < 4.78 is 48.7. The van der Waals surface area contributed by atoms with Crippen molar-refractivity contribution in [2.45, 2.75) is 19.2 Å². The smallest absolute Gasteiger partial charge is 0.433 e. The number of hydrogen-bond donors (Lipinski definition) is 1. The summed E-state index contributed by atoms with van der Waals surface area (Å²) in [5.74, 6) is 1.31. The van der Waals surface area contributed by atoms with E-state index in [0.717, 1.165) is 6.07 Å². The largest absolute Gasteiger partial charge is 0.493 e. The Balaban J connectivity index is 1.95. The third-order valence-corrected chi connectivity index (χ3v) is 3.01. The summed E-state index contributed by atoms with van der Waals surface area (Å²) in [7, 11) is 1.54. The number of ether oxygens (including phenoxy) is 2. The molecule has 0 saturated heterocycles. The van der Waals surface area contributed by atoms with Gasteiger partial charge in [-0.3, -0.25) is 0 Å². The third-order valence-electron chi connectivity index (χ3n) is 3.01. The minimum atomic E-state index is -4.46. The van der Waals surface area contributed by atoms with Gasteiger partial charge in [0.15, 0.2) is 11.5 Å². The van der Waals surface area contributed by atoms with Crippen LogP contribution < -0.4 is 14.8 Å². The van der Waals surface area contributed by atoms with E-state index in [2.05, 4.69) is 10.3 Å². The normalized spacial score (nSPS) is 12.6. The van der Waals surface area contributed by atoms with Crippen molar-refractivity contribution >= 4 is 5.82 Å². The van der Waals surface area contributed by atoms with Gasteiger partial charge >= 0.3 is 6.18 Å². The van der Waals surface area contributed by atoms with E-state index in [1.165, 1.54) is 19.2 Å². The van der Waals surface area contributed by atoms with Gasteiger partial charge in [-0.1, -0.05) is 18.2 Å². The molecule has 7 heteroatoms. The van der Waals surface area contributed by atoms with Crippen LogP contribution in [0.5, 0.6) is 11.5 Å². The number of nitrogens with zero attached hydrogens (tertiary/aromatic N) is 1. The highest BCUT2D eigenvalue weighted by atomic mass is 19.4. The fraction of sp³-hybridized carbons (Fsp3) is 0.312. The predicted molar refractivity (Wildman–Crippen MR) is 80.8 cm³/mol. The average molecular weight is 326 g/mol. The number of nitrogens with one attached hydrogen (secondary N) is 1. The maximum atomic E-state index is 12.6. The standard InChI is InChI=1S/C16H17F3N2O2/c1-11(23-13-7-4-3-6-12(13)22-2)10-20-15-9-5-8-14(21-15)16(17,18)19/h3-9,11H,10H2,1-2H3,(H,20,21). The lowest BCUT2D eigenvalue weighted by atomic mass is 10.3. The van der Waals surface area contributed by atoms with Crippen LogP contribution in [-0.2, 0) is 6.18 Å². The summed E-state index contributed by atoms with van der Waals surface area (Å²) in [5, 5.41) is 2.84. The van der Waals surface area contributed by atoms with Gasteiger partial charge in [0.1, 0.15) is 17.6 Å². The van der Waals surface area contributed by atoms with Crippen molar-refractivity contribution in [3.05, 3.63) is 48.2 Å². The molecule has 1 atom stereocenters. The summed E-state index contributed by atoms with van der Waals surface area (Å²) in [6, 6.07) is 10.9. The van der Waals surface area contributed by atoms with Gasteiger partial charge in [0.05, 0.1) is 13.7 Å². The fourth-order valence-corrected chi connectivity index (χ4v) is 1.91. The zero-order valence-corrected chi connectivity index (χ0v) is 12.7. The lowest BCUT2D eigenvalue weighted by molar-refractivity contribution is -0.141. The van der Waals surface area contributed by atoms with Crippen LogP contribution in [0.15, 0.2) is 42.5 Å². The van der Waals surface area contributed by atoms with E-state index in [0.29, 0.717) is 18.0 Å². The number of aromatic nitrogens is 1. The Morgan fingerprint density at radius 3 is 2.43 bits per heavy atom. The van der Waals surface area contributed by atoms with E-state index in [1.54, 1.807) is 19.1 Å². The molecule has 0 saturated carbocycles. The number of pyridine rings is 1. The number of rotatable bonds is 6. The highest BCUT2D eigenvalue weighted by Crippen LogP contribution is 2.28. The van der Waals surface area contributed by atoms with Crippen LogP contribution in [0.4, 0.5) is 19.0 Å². The average Bonchev–Trinajstić information content (AvgIpc) is 2.53. The van der Waals surface area contributed by atoms with Crippen LogP contribution >= 0.6 is 0 Å². The second-order valence-electron chi connectivity index (χ2n) is 4.87. The molecule has 2 rings (SSSR count). The van der Waals surface area contributed by atoms with E-state index < -0.39 is 11.9 Å². The lowest BCUT2D eigenvalue weighted by Gasteiger charge is -2.18. The third kappa shape index (κ3) is 4.77. The van der Waals surface area contributed by atoms with Crippen molar-refractivity contribution < 1.29 is 22.6 Å². The van der Waals surface area contributed by atoms with E-state index >= 15 is 0 Å². The number of methoxy groups -OCH3 is 1. The molecule has 0 bridgehead atoms. The zero-order chi connectivity index (χ0) is 16.9. The quantitative estimate of drug-likeness (QED) is 0.872. The van der Waals surface area contributed by atoms with Gasteiger partial charge in [-0.05, 0) is 31.2 Å². The van der Waals surface area contributed by atoms with Crippen molar-refractivity contribution in [3.8, 4) is 11.5 Å². The van der Waals surface area contributed by atoms with Crippen LogP contribution in [0, 0.1) is 0 Å². The number of halogens is 3. The summed E-state index contributed by atoms with van der Waals surface area (Å²) in [6.45, 7) is 2.10. The Hall–Kier alpha value is -2.44. The van der Waals surface area contributed by atoms with Gasteiger partial charge in [0.25, 0.3) is 0 Å². The van der Waals surface area contributed by atoms with E-state index in [4.69, 9.17) is 9.47 Å². The molecule has 1 aromatic carbocycles. The summed E-state index contributed by atoms with van der Waals surface area (Å²) in [4.78, 5) is 3.54. The number of para-hydroxylation sites is 2. The molecule has 0 fully saturated rings. The number of anilines is 1. The predicted octanol–water partition coefficient (Wildman–Crippen LogP) is 3.99. The van der Waals surface area contributed by atoms with Gasteiger partial charge in [-0.25, -0.2) is 4.98 Å². The lowest BCUT2D eigenvalue weighted by Crippen LogP contribution is -2.23. The number of alkyl halides is 3. The van der Waals surface area contributed by atoms with Crippen LogP contribution in [-0.4, -0.2) is 24.7 Å². The molecule has 1 N–H and O–H groups in total. The molecule has 1 unspecified atom stereocenters. The minimum Gasteiger partial charge on any atom is -0.493 e. The molecule has 0 aliphatic rings. The summed E-state index contributed by atoms with van der Waals surface area (Å²) >= 11 is 0. The maximum Gasteiger partial charge on any atom is 0.433 e. The summed E-state index contributed by atoms with van der Waals surface area (Å²) in [5.41, 5.74) is -0.930. The van der Waals surface area contributed by atoms with Crippen molar-refractivity contribution in [1.29, 1.82) is 0 Å². The Kier molecular flexibility index (Phi) is 5.31. The molecule has 1 heterocycles. The SMILES string of the molecule is COc1ccccc1OC(C)CNc1cccc(C(F)(F)F)n1. The highest BCUT2D eigenvalue weighted by Gasteiger charge is 2.32. The van der Waals surface area contributed by atoms with Gasteiger partial charge in [-0.15, -0.1) is 0 Å². The molecule has 23 heavy (non-hydrogen) atoms. The van der Waals surface area contributed by atoms with Crippen molar-refractivity contribution in [2.24, 2.45) is 0 Å². The first-order valence-electron chi connectivity index (χ1n) is 6.98. The first-order valence-corrected chi connectivity index (χ1v) is 6.98. The number of benzene rings is 1. The van der Waals surface area contributed by atoms with Gasteiger partial charge < -0.3 is 14.8 Å². The molecule has 124 valence electrons. The molecule has 2 aromatic rings. The molecule has 1 aromatic heterocycles. The molecule has 0 aliphatic carbocycles. The van der Waals surface area contributed by atoms with E-state index in [9.17, 15) is 13.2 Å².